The lowest BCUT2D eigenvalue weighted by atomic mass is 10.0. The van der Waals surface area contributed by atoms with Gasteiger partial charge >= 0.3 is 5.97 Å². The van der Waals surface area contributed by atoms with Crippen LogP contribution in [0.4, 0.5) is 0 Å². The predicted octanol–water partition coefficient (Wildman–Crippen LogP) is 3.32. The van der Waals surface area contributed by atoms with Crippen molar-refractivity contribution in [2.24, 2.45) is 5.92 Å². The topological polar surface area (TPSA) is 88.9 Å². The van der Waals surface area contributed by atoms with Crippen molar-refractivity contribution in [2.45, 2.75) is 44.6 Å². The molecule has 2 N–H and O–H groups in total. The summed E-state index contributed by atoms with van der Waals surface area (Å²) in [5.74, 6) is 0.525. The van der Waals surface area contributed by atoms with E-state index in [1.54, 1.807) is 31.5 Å². The van der Waals surface area contributed by atoms with E-state index < -0.39 is 12.1 Å². The molecule has 1 heterocycles. The molecule has 1 aliphatic rings. The number of pyridine rings is 1. The summed E-state index contributed by atoms with van der Waals surface area (Å²) in [6, 6.07) is 1.74. The zero-order valence-electron chi connectivity index (χ0n) is 14.4. The van der Waals surface area contributed by atoms with Crippen LogP contribution in [-0.4, -0.2) is 41.0 Å². The summed E-state index contributed by atoms with van der Waals surface area (Å²) >= 11 is 0. The fourth-order valence-corrected chi connectivity index (χ4v) is 2.86. The smallest absolute Gasteiger partial charge is 0.303 e. The highest BCUT2D eigenvalue weighted by molar-refractivity contribution is 5.85. The fourth-order valence-electron chi connectivity index (χ4n) is 2.86. The van der Waals surface area contributed by atoms with Crippen molar-refractivity contribution in [1.29, 1.82) is 0 Å². The summed E-state index contributed by atoms with van der Waals surface area (Å²) in [4.78, 5) is 14.8. The summed E-state index contributed by atoms with van der Waals surface area (Å²) < 4.78 is 10.8. The van der Waals surface area contributed by atoms with E-state index >= 15 is 0 Å². The van der Waals surface area contributed by atoms with Crippen LogP contribution in [0.1, 0.15) is 44.2 Å². The van der Waals surface area contributed by atoms with E-state index in [0.29, 0.717) is 36.1 Å². The maximum atomic E-state index is 10.5. The number of aliphatic hydroxyl groups excluding tert-OH is 1. The third-order valence-corrected chi connectivity index (χ3v) is 4.21. The lowest BCUT2D eigenvalue weighted by Crippen LogP contribution is -2.14. The number of carboxylic acid groups (broad SMARTS) is 1. The second kappa shape index (κ2) is 10.9. The van der Waals surface area contributed by atoms with Crippen LogP contribution in [0, 0.1) is 5.92 Å². The Kier molecular flexibility index (Phi) is 9.31. The Bertz CT molecular complexity index is 573. The second-order valence-electron chi connectivity index (χ2n) is 6.00. The number of carbonyl (C=O) groups is 1. The van der Waals surface area contributed by atoms with Crippen LogP contribution in [0.5, 0.6) is 11.5 Å². The van der Waals surface area contributed by atoms with Gasteiger partial charge in [-0.3, -0.25) is 9.78 Å². The van der Waals surface area contributed by atoms with Crippen molar-refractivity contribution in [2.75, 3.05) is 13.7 Å². The molecule has 1 aliphatic carbocycles. The molecule has 0 saturated heterocycles. The number of carboxylic acids is 1. The molecule has 0 radical (unpaired) electrons. The number of halogens is 1. The highest BCUT2D eigenvalue weighted by atomic mass is 35.5. The first kappa shape index (κ1) is 21.3. The molecule has 6 nitrogen and oxygen atoms in total. The van der Waals surface area contributed by atoms with Crippen LogP contribution in [-0.2, 0) is 4.79 Å². The van der Waals surface area contributed by atoms with Crippen LogP contribution < -0.4 is 9.47 Å². The Labute approximate surface area is 154 Å². The summed E-state index contributed by atoms with van der Waals surface area (Å²) in [7, 11) is 1.54. The van der Waals surface area contributed by atoms with E-state index in [0.717, 1.165) is 12.8 Å². The summed E-state index contributed by atoms with van der Waals surface area (Å²) in [6.07, 6.45) is 9.71. The Hall–Kier alpha value is -1.79. The van der Waals surface area contributed by atoms with Crippen molar-refractivity contribution >= 4 is 24.5 Å². The normalized spacial score (nSPS) is 15.8. The molecule has 1 aromatic heterocycles. The Morgan fingerprint density at radius 2 is 2.12 bits per heavy atom. The van der Waals surface area contributed by atoms with Crippen LogP contribution in [0.25, 0.3) is 6.08 Å². The van der Waals surface area contributed by atoms with E-state index in [2.05, 4.69) is 4.98 Å². The van der Waals surface area contributed by atoms with E-state index in [4.69, 9.17) is 14.6 Å². The minimum Gasteiger partial charge on any atom is -0.493 e. The third kappa shape index (κ3) is 6.92. The van der Waals surface area contributed by atoms with Crippen LogP contribution in [0.3, 0.4) is 0 Å². The van der Waals surface area contributed by atoms with Gasteiger partial charge in [0.25, 0.3) is 0 Å². The van der Waals surface area contributed by atoms with Gasteiger partial charge in [0.2, 0.25) is 0 Å². The minimum absolute atomic E-state index is 0. The Morgan fingerprint density at radius 1 is 1.40 bits per heavy atom. The van der Waals surface area contributed by atoms with Gasteiger partial charge in [0.05, 0.1) is 31.7 Å². The molecule has 0 aromatic carbocycles. The summed E-state index contributed by atoms with van der Waals surface area (Å²) in [5.41, 5.74) is 0.682. The molecule has 0 amide bonds. The maximum absolute atomic E-state index is 10.5. The molecule has 140 valence electrons. The average molecular weight is 372 g/mol. The molecular weight excluding hydrogens is 346 g/mol. The van der Waals surface area contributed by atoms with Crippen LogP contribution in [0.15, 0.2) is 18.3 Å². The molecule has 2 rings (SSSR count). The first-order chi connectivity index (χ1) is 11.6. The minimum atomic E-state index is -0.843. The van der Waals surface area contributed by atoms with Gasteiger partial charge in [0.15, 0.2) is 11.5 Å². The first-order valence-electron chi connectivity index (χ1n) is 8.35. The lowest BCUT2D eigenvalue weighted by Gasteiger charge is -2.13. The zero-order chi connectivity index (χ0) is 17.4. The number of aliphatic carboxylic acids is 1. The van der Waals surface area contributed by atoms with Crippen LogP contribution >= 0.6 is 12.4 Å². The van der Waals surface area contributed by atoms with Crippen molar-refractivity contribution in [3.8, 4) is 11.5 Å². The average Bonchev–Trinajstić information content (AvgIpc) is 3.11. The monoisotopic (exact) mass is 371 g/mol. The SMILES string of the molecule is COc1cc(C=CC(O)C2CCCC2)ncc1OCCCC(=O)O.Cl. The molecule has 0 aliphatic heterocycles. The molecule has 25 heavy (non-hydrogen) atoms. The second-order valence-corrected chi connectivity index (χ2v) is 6.00. The van der Waals surface area contributed by atoms with Crippen molar-refractivity contribution in [1.82, 2.24) is 4.98 Å². The highest BCUT2D eigenvalue weighted by Gasteiger charge is 2.20. The predicted molar refractivity (Wildman–Crippen MR) is 97.4 cm³/mol. The van der Waals surface area contributed by atoms with E-state index in [-0.39, 0.29) is 18.8 Å². The number of hydrogen-bond acceptors (Lipinski definition) is 5. The Balaban J connectivity index is 0.00000312. The molecule has 1 aromatic rings. The number of aliphatic hydroxyl groups is 1. The quantitative estimate of drug-likeness (QED) is 0.647. The molecular formula is C18H26ClNO5. The third-order valence-electron chi connectivity index (χ3n) is 4.21. The number of rotatable bonds is 9. The van der Waals surface area contributed by atoms with Crippen LogP contribution in [0.2, 0.25) is 0 Å². The Morgan fingerprint density at radius 3 is 2.76 bits per heavy atom. The van der Waals surface area contributed by atoms with E-state index in [9.17, 15) is 9.90 Å². The molecule has 1 saturated carbocycles. The lowest BCUT2D eigenvalue weighted by molar-refractivity contribution is -0.137. The molecule has 0 bridgehead atoms. The maximum Gasteiger partial charge on any atom is 0.303 e. The van der Waals surface area contributed by atoms with Gasteiger partial charge in [-0.05, 0) is 31.3 Å². The molecule has 7 heteroatoms. The van der Waals surface area contributed by atoms with Crippen molar-refractivity contribution in [3.63, 3.8) is 0 Å². The van der Waals surface area contributed by atoms with Gasteiger partial charge in [-0.1, -0.05) is 18.9 Å². The molecule has 1 unspecified atom stereocenters. The van der Waals surface area contributed by atoms with Gasteiger partial charge in [-0.15, -0.1) is 12.4 Å². The molecule has 1 atom stereocenters. The number of methoxy groups -OCH3 is 1. The first-order valence-corrected chi connectivity index (χ1v) is 8.35. The number of nitrogens with zero attached hydrogens (tertiary/aromatic N) is 1. The van der Waals surface area contributed by atoms with Gasteiger partial charge in [-0.25, -0.2) is 0 Å². The zero-order valence-corrected chi connectivity index (χ0v) is 15.2. The van der Waals surface area contributed by atoms with E-state index in [1.807, 2.05) is 0 Å². The highest BCUT2D eigenvalue weighted by Crippen LogP contribution is 2.29. The van der Waals surface area contributed by atoms with Crippen molar-refractivity contribution < 1.29 is 24.5 Å². The summed E-state index contributed by atoms with van der Waals surface area (Å²) in [5, 5.41) is 18.8. The van der Waals surface area contributed by atoms with Gasteiger partial charge in [0.1, 0.15) is 0 Å². The number of hydrogen-bond donors (Lipinski definition) is 2. The van der Waals surface area contributed by atoms with Gasteiger partial charge in [-0.2, -0.15) is 0 Å². The molecule has 1 fully saturated rings. The number of aromatic nitrogens is 1. The van der Waals surface area contributed by atoms with E-state index in [1.165, 1.54) is 12.8 Å². The standard InChI is InChI=1S/C18H25NO5.ClH/c1-23-16-11-14(8-9-15(20)13-5-2-3-6-13)19-12-17(16)24-10-4-7-18(21)22;/h8-9,11-13,15,20H,2-7,10H2,1H3,(H,21,22);1H. The number of ether oxygens (including phenoxy) is 2. The fraction of sp³-hybridized carbons (Fsp3) is 0.556. The molecule has 0 spiro atoms. The van der Waals surface area contributed by atoms with Gasteiger partial charge < -0.3 is 19.7 Å². The van der Waals surface area contributed by atoms with Crippen molar-refractivity contribution in [3.05, 3.63) is 24.0 Å². The largest absolute Gasteiger partial charge is 0.493 e. The summed E-state index contributed by atoms with van der Waals surface area (Å²) in [6.45, 7) is 0.292. The van der Waals surface area contributed by atoms with Gasteiger partial charge in [0, 0.05) is 12.5 Å².